The van der Waals surface area contributed by atoms with E-state index in [0.717, 1.165) is 12.8 Å². The van der Waals surface area contributed by atoms with Crippen molar-refractivity contribution in [3.05, 3.63) is 39.2 Å². The molecule has 0 radical (unpaired) electrons. The highest BCUT2D eigenvalue weighted by Crippen LogP contribution is 2.27. The summed E-state index contributed by atoms with van der Waals surface area (Å²) in [5.41, 5.74) is 0.641. The van der Waals surface area contributed by atoms with E-state index in [1.54, 1.807) is 11.4 Å². The molecule has 1 aliphatic rings. The number of methoxy groups -OCH3 is 1. The van der Waals surface area contributed by atoms with Gasteiger partial charge in [0.15, 0.2) is 0 Å². The van der Waals surface area contributed by atoms with Crippen LogP contribution < -0.4 is 10.1 Å². The van der Waals surface area contributed by atoms with Gasteiger partial charge < -0.3 is 19.5 Å². The van der Waals surface area contributed by atoms with Crippen molar-refractivity contribution in [2.45, 2.75) is 18.9 Å². The fourth-order valence-corrected chi connectivity index (χ4v) is 3.42. The van der Waals surface area contributed by atoms with Gasteiger partial charge >= 0.3 is 5.97 Å². The first-order chi connectivity index (χ1) is 12.6. The van der Waals surface area contributed by atoms with E-state index >= 15 is 0 Å². The predicted molar refractivity (Wildman–Crippen MR) is 97.3 cm³/mol. The van der Waals surface area contributed by atoms with Crippen molar-refractivity contribution in [1.29, 1.82) is 0 Å². The summed E-state index contributed by atoms with van der Waals surface area (Å²) in [6, 6.07) is 3.12. The number of thiophene rings is 1. The Morgan fingerprint density at radius 2 is 2.15 bits per heavy atom. The van der Waals surface area contributed by atoms with Crippen LogP contribution >= 0.6 is 22.9 Å². The highest BCUT2D eigenvalue weighted by Gasteiger charge is 2.20. The minimum atomic E-state index is -0.508. The second-order valence-electron chi connectivity index (χ2n) is 5.55. The summed E-state index contributed by atoms with van der Waals surface area (Å²) < 4.78 is 15.8. The summed E-state index contributed by atoms with van der Waals surface area (Å²) in [6.45, 7) is 1.29. The number of amides is 1. The molecule has 3 heterocycles. The van der Waals surface area contributed by atoms with Crippen LogP contribution in [0, 0.1) is 0 Å². The highest BCUT2D eigenvalue weighted by atomic mass is 35.5. The quantitative estimate of drug-likeness (QED) is 0.779. The van der Waals surface area contributed by atoms with Crippen molar-refractivity contribution >= 4 is 40.5 Å². The van der Waals surface area contributed by atoms with Crippen LogP contribution in [-0.2, 0) is 9.47 Å². The first-order valence-electron chi connectivity index (χ1n) is 7.95. The SMILES string of the molecule is COC(=O)c1sccc1NC(=O)c1cnc(OC2CCOCC2)c(Cl)c1. The fourth-order valence-electron chi connectivity index (χ4n) is 2.44. The van der Waals surface area contributed by atoms with E-state index in [1.807, 2.05) is 0 Å². The van der Waals surface area contributed by atoms with Crippen molar-refractivity contribution in [2.75, 3.05) is 25.6 Å². The van der Waals surface area contributed by atoms with E-state index in [1.165, 1.54) is 30.7 Å². The van der Waals surface area contributed by atoms with Crippen LogP contribution in [0.2, 0.25) is 5.02 Å². The lowest BCUT2D eigenvalue weighted by molar-refractivity contribution is 0.0238. The number of carbonyl (C=O) groups excluding carboxylic acids is 2. The lowest BCUT2D eigenvalue weighted by Crippen LogP contribution is -2.26. The number of pyridine rings is 1. The van der Waals surface area contributed by atoms with Gasteiger partial charge in [-0.2, -0.15) is 0 Å². The first-order valence-corrected chi connectivity index (χ1v) is 9.21. The van der Waals surface area contributed by atoms with Crippen LogP contribution in [0.25, 0.3) is 0 Å². The lowest BCUT2D eigenvalue weighted by atomic mass is 10.1. The van der Waals surface area contributed by atoms with Gasteiger partial charge in [-0.05, 0) is 17.5 Å². The molecule has 0 atom stereocenters. The smallest absolute Gasteiger partial charge is 0.350 e. The number of esters is 1. The molecule has 1 fully saturated rings. The van der Waals surface area contributed by atoms with E-state index < -0.39 is 11.9 Å². The molecule has 1 amide bonds. The van der Waals surface area contributed by atoms with Crippen molar-refractivity contribution in [3.8, 4) is 5.88 Å². The van der Waals surface area contributed by atoms with Crippen LogP contribution in [-0.4, -0.2) is 43.3 Å². The zero-order valence-electron chi connectivity index (χ0n) is 14.0. The Kier molecular flexibility index (Phi) is 6.08. The summed E-state index contributed by atoms with van der Waals surface area (Å²) in [4.78, 5) is 28.6. The average Bonchev–Trinajstić information content (AvgIpc) is 3.11. The molecule has 7 nitrogen and oxygen atoms in total. The van der Waals surface area contributed by atoms with Gasteiger partial charge in [0.2, 0.25) is 5.88 Å². The molecule has 2 aromatic rings. The number of carbonyl (C=O) groups is 2. The first kappa shape index (κ1) is 18.6. The number of hydrogen-bond acceptors (Lipinski definition) is 7. The van der Waals surface area contributed by atoms with E-state index in [4.69, 9.17) is 25.8 Å². The van der Waals surface area contributed by atoms with Gasteiger partial charge in [0.05, 0.1) is 31.6 Å². The fraction of sp³-hybridized carbons (Fsp3) is 0.353. The van der Waals surface area contributed by atoms with Crippen molar-refractivity contribution in [1.82, 2.24) is 4.98 Å². The maximum atomic E-state index is 12.4. The van der Waals surface area contributed by atoms with Gasteiger partial charge in [-0.1, -0.05) is 11.6 Å². The van der Waals surface area contributed by atoms with Crippen LogP contribution in [0.4, 0.5) is 5.69 Å². The van der Waals surface area contributed by atoms with Crippen LogP contribution in [0.15, 0.2) is 23.7 Å². The van der Waals surface area contributed by atoms with E-state index in [9.17, 15) is 9.59 Å². The molecule has 1 saturated heterocycles. The van der Waals surface area contributed by atoms with Gasteiger partial charge in [0, 0.05) is 19.0 Å². The van der Waals surface area contributed by atoms with Crippen LogP contribution in [0.3, 0.4) is 0 Å². The van der Waals surface area contributed by atoms with Crippen molar-refractivity contribution < 1.29 is 23.8 Å². The molecular formula is C17H17ClN2O5S. The summed E-state index contributed by atoms with van der Waals surface area (Å²) >= 11 is 7.39. The summed E-state index contributed by atoms with van der Waals surface area (Å²) in [7, 11) is 1.29. The Hall–Kier alpha value is -2.16. The molecule has 1 aliphatic heterocycles. The standard InChI is InChI=1S/C17H17ClN2O5S/c1-23-17(22)14-13(4-7-26-14)20-15(21)10-8-12(18)16(19-9-10)25-11-2-5-24-6-3-11/h4,7-9,11H,2-3,5-6H2,1H3,(H,20,21). The number of aromatic nitrogens is 1. The number of nitrogens with one attached hydrogen (secondary N) is 1. The molecule has 0 spiro atoms. The molecule has 9 heteroatoms. The third-order valence-corrected chi connectivity index (χ3v) is 4.97. The molecule has 138 valence electrons. The third-order valence-electron chi connectivity index (χ3n) is 3.80. The van der Waals surface area contributed by atoms with Crippen molar-refractivity contribution in [3.63, 3.8) is 0 Å². The molecule has 0 saturated carbocycles. The molecule has 2 aromatic heterocycles. The van der Waals surface area contributed by atoms with Crippen LogP contribution in [0.5, 0.6) is 5.88 Å². The normalized spacial score (nSPS) is 14.7. The lowest BCUT2D eigenvalue weighted by Gasteiger charge is -2.23. The maximum Gasteiger partial charge on any atom is 0.350 e. The van der Waals surface area contributed by atoms with Crippen molar-refractivity contribution in [2.24, 2.45) is 0 Å². The maximum absolute atomic E-state index is 12.4. The topological polar surface area (TPSA) is 86.8 Å². The van der Waals surface area contributed by atoms with Gasteiger partial charge in [0.1, 0.15) is 16.0 Å². The number of rotatable bonds is 5. The number of halogens is 1. The number of anilines is 1. The number of ether oxygens (including phenoxy) is 3. The number of hydrogen-bond donors (Lipinski definition) is 1. The van der Waals surface area contributed by atoms with E-state index in [0.29, 0.717) is 29.7 Å². The Balaban J connectivity index is 1.69. The Labute approximate surface area is 159 Å². The Bertz CT molecular complexity index is 804. The second kappa shape index (κ2) is 8.48. The average molecular weight is 397 g/mol. The Morgan fingerprint density at radius 1 is 1.38 bits per heavy atom. The molecule has 1 N–H and O–H groups in total. The molecule has 0 unspecified atom stereocenters. The predicted octanol–water partition coefficient (Wildman–Crippen LogP) is 3.39. The zero-order chi connectivity index (χ0) is 18.5. The molecule has 3 rings (SSSR count). The van der Waals surface area contributed by atoms with Gasteiger partial charge in [-0.3, -0.25) is 4.79 Å². The second-order valence-corrected chi connectivity index (χ2v) is 6.87. The Morgan fingerprint density at radius 3 is 2.85 bits per heavy atom. The molecule has 0 bridgehead atoms. The molecular weight excluding hydrogens is 380 g/mol. The van der Waals surface area contributed by atoms with Gasteiger partial charge in [-0.15, -0.1) is 11.3 Å². The minimum Gasteiger partial charge on any atom is -0.473 e. The molecule has 0 aromatic carbocycles. The highest BCUT2D eigenvalue weighted by molar-refractivity contribution is 7.12. The number of nitrogens with zero attached hydrogens (tertiary/aromatic N) is 1. The summed E-state index contributed by atoms with van der Waals surface area (Å²) in [6.07, 6.45) is 2.94. The van der Waals surface area contributed by atoms with Crippen LogP contribution in [0.1, 0.15) is 32.9 Å². The van der Waals surface area contributed by atoms with Gasteiger partial charge in [0.25, 0.3) is 5.91 Å². The molecule has 26 heavy (non-hydrogen) atoms. The largest absolute Gasteiger partial charge is 0.473 e. The summed E-state index contributed by atoms with van der Waals surface area (Å²) in [5.74, 6) is -0.645. The van der Waals surface area contributed by atoms with E-state index in [2.05, 4.69) is 10.3 Å². The van der Waals surface area contributed by atoms with Gasteiger partial charge in [-0.25, -0.2) is 9.78 Å². The van der Waals surface area contributed by atoms with E-state index in [-0.39, 0.29) is 16.7 Å². The zero-order valence-corrected chi connectivity index (χ0v) is 15.6. The third kappa shape index (κ3) is 4.32. The molecule has 0 aliphatic carbocycles. The monoisotopic (exact) mass is 396 g/mol. The minimum absolute atomic E-state index is 0.00171. The summed E-state index contributed by atoms with van der Waals surface area (Å²) in [5, 5.41) is 4.61.